The number of hydrogen-bond donors (Lipinski definition) is 0. The third-order valence-electron chi connectivity index (χ3n) is 2.11. The van der Waals surface area contributed by atoms with Crippen LogP contribution in [0.5, 0.6) is 0 Å². The molecule has 0 N–H and O–H groups in total. The Hall–Kier alpha value is 0.617. The second kappa shape index (κ2) is 7.85. The van der Waals surface area contributed by atoms with Crippen molar-refractivity contribution in [1.82, 2.24) is 0 Å². The van der Waals surface area contributed by atoms with Crippen LogP contribution in [0.1, 0.15) is 40.0 Å². The highest BCUT2D eigenvalue weighted by molar-refractivity contribution is 9.10. The lowest BCUT2D eigenvalue weighted by molar-refractivity contribution is 0.171. The van der Waals surface area contributed by atoms with Crippen LogP contribution >= 0.6 is 15.9 Å². The Balaban J connectivity index is 4.16. The number of rotatable bonds is 8. The molecule has 0 aliphatic rings. The van der Waals surface area contributed by atoms with Crippen molar-refractivity contribution in [2.24, 2.45) is 0 Å². The van der Waals surface area contributed by atoms with Gasteiger partial charge in [-0.2, -0.15) is 0 Å². The van der Waals surface area contributed by atoms with Crippen LogP contribution in [0.25, 0.3) is 0 Å². The lowest BCUT2D eigenvalue weighted by Gasteiger charge is -2.30. The molecule has 0 radical (unpaired) electrons. The number of halogens is 1. The Kier molecular flexibility index (Phi) is 8.20. The van der Waals surface area contributed by atoms with E-state index in [0.717, 1.165) is 32.5 Å². The third-order valence-corrected chi connectivity index (χ3v) is 8.36. The van der Waals surface area contributed by atoms with Crippen molar-refractivity contribution < 1.29 is 8.85 Å². The quantitative estimate of drug-likeness (QED) is 0.500. The van der Waals surface area contributed by atoms with Gasteiger partial charge in [0.15, 0.2) is 0 Å². The number of hydrogen-bond acceptors (Lipinski definition) is 2. The minimum atomic E-state index is -1.98. The Morgan fingerprint density at radius 2 is 1.50 bits per heavy atom. The molecule has 0 spiro atoms. The van der Waals surface area contributed by atoms with Gasteiger partial charge in [-0.05, 0) is 25.8 Å². The molecule has 0 aliphatic carbocycles. The molecule has 2 nitrogen and oxygen atoms in total. The molecule has 1 unspecified atom stereocenters. The second-order valence-corrected chi connectivity index (χ2v) is 8.85. The fraction of sp³-hybridized carbons (Fsp3) is 1.00. The van der Waals surface area contributed by atoms with E-state index in [1.165, 1.54) is 0 Å². The van der Waals surface area contributed by atoms with E-state index in [1.54, 1.807) is 0 Å². The normalized spacial score (nSPS) is 14.4. The van der Waals surface area contributed by atoms with E-state index < -0.39 is 8.56 Å². The van der Waals surface area contributed by atoms with E-state index in [9.17, 15) is 0 Å². The molecule has 0 heterocycles. The summed E-state index contributed by atoms with van der Waals surface area (Å²) < 4.78 is 12.2. The van der Waals surface area contributed by atoms with Crippen molar-refractivity contribution in [2.45, 2.75) is 51.0 Å². The van der Waals surface area contributed by atoms with Crippen molar-refractivity contribution in [3.05, 3.63) is 0 Å². The third kappa shape index (κ3) is 4.91. The second-order valence-electron chi connectivity index (χ2n) is 3.59. The van der Waals surface area contributed by atoms with Gasteiger partial charge in [-0.1, -0.05) is 36.7 Å². The Labute approximate surface area is 97.7 Å². The molecule has 86 valence electrons. The van der Waals surface area contributed by atoms with Crippen LogP contribution in [0, 0.1) is 0 Å². The standard InChI is InChI=1S/C10H23BrO2Si/c1-5-8-12-14(4,10(11)7-3)13-9-6-2/h10H,5-9H2,1-4H3. The van der Waals surface area contributed by atoms with Gasteiger partial charge in [-0.3, -0.25) is 0 Å². The summed E-state index contributed by atoms with van der Waals surface area (Å²) in [6.45, 7) is 10.2. The predicted molar refractivity (Wildman–Crippen MR) is 67.1 cm³/mol. The zero-order valence-electron chi connectivity index (χ0n) is 9.81. The smallest absolute Gasteiger partial charge is 0.349 e. The minimum Gasteiger partial charge on any atom is -0.394 e. The highest BCUT2D eigenvalue weighted by atomic mass is 79.9. The highest BCUT2D eigenvalue weighted by Gasteiger charge is 2.38. The summed E-state index contributed by atoms with van der Waals surface area (Å²) in [6.07, 6.45) is 3.18. The summed E-state index contributed by atoms with van der Waals surface area (Å²) >= 11 is 3.67. The molecule has 0 aromatic carbocycles. The summed E-state index contributed by atoms with van der Waals surface area (Å²) in [7, 11) is -1.98. The molecule has 0 saturated heterocycles. The van der Waals surface area contributed by atoms with Crippen molar-refractivity contribution in [1.29, 1.82) is 0 Å². The Bertz CT molecular complexity index is 136. The monoisotopic (exact) mass is 282 g/mol. The Morgan fingerprint density at radius 3 is 1.79 bits per heavy atom. The van der Waals surface area contributed by atoms with Crippen molar-refractivity contribution >= 4 is 24.5 Å². The van der Waals surface area contributed by atoms with Crippen LogP contribution in [-0.2, 0) is 8.85 Å². The molecule has 0 aromatic heterocycles. The van der Waals surface area contributed by atoms with E-state index in [2.05, 4.69) is 43.2 Å². The van der Waals surface area contributed by atoms with E-state index in [4.69, 9.17) is 8.85 Å². The van der Waals surface area contributed by atoms with Crippen LogP contribution in [0.2, 0.25) is 6.55 Å². The molecule has 14 heavy (non-hydrogen) atoms. The van der Waals surface area contributed by atoms with Crippen LogP contribution in [0.4, 0.5) is 0 Å². The van der Waals surface area contributed by atoms with Gasteiger partial charge in [0.05, 0.1) is 4.45 Å². The largest absolute Gasteiger partial charge is 0.394 e. The van der Waals surface area contributed by atoms with E-state index in [-0.39, 0.29) is 0 Å². The maximum Gasteiger partial charge on any atom is 0.349 e. The first-order chi connectivity index (χ1) is 6.60. The summed E-state index contributed by atoms with van der Waals surface area (Å²) in [5, 5.41) is 0. The fourth-order valence-electron chi connectivity index (χ4n) is 1.20. The van der Waals surface area contributed by atoms with Gasteiger partial charge in [0.25, 0.3) is 0 Å². The molecule has 0 fully saturated rings. The SMILES string of the molecule is CCCO[Si](C)(OCCC)C(Br)CC. The van der Waals surface area contributed by atoms with E-state index >= 15 is 0 Å². The maximum absolute atomic E-state index is 5.90. The molecule has 0 amide bonds. The molecular weight excluding hydrogens is 260 g/mol. The summed E-state index contributed by atoms with van der Waals surface area (Å²) in [5.41, 5.74) is 0. The molecule has 0 bridgehead atoms. The first-order valence-electron chi connectivity index (χ1n) is 5.52. The lowest BCUT2D eigenvalue weighted by atomic mass is 10.5. The fourth-order valence-corrected chi connectivity index (χ4v) is 4.40. The van der Waals surface area contributed by atoms with Gasteiger partial charge >= 0.3 is 8.56 Å². The predicted octanol–water partition coefficient (Wildman–Crippen LogP) is 3.62. The van der Waals surface area contributed by atoms with Crippen molar-refractivity contribution in [3.8, 4) is 0 Å². The molecular formula is C10H23BrO2Si. The van der Waals surface area contributed by atoms with Crippen LogP contribution < -0.4 is 0 Å². The zero-order valence-corrected chi connectivity index (χ0v) is 12.4. The van der Waals surface area contributed by atoms with Crippen molar-refractivity contribution in [3.63, 3.8) is 0 Å². The van der Waals surface area contributed by atoms with Crippen molar-refractivity contribution in [2.75, 3.05) is 13.2 Å². The average molecular weight is 283 g/mol. The molecule has 0 aliphatic heterocycles. The minimum absolute atomic E-state index is 0.396. The van der Waals surface area contributed by atoms with Gasteiger partial charge in [0.1, 0.15) is 0 Å². The number of alkyl halides is 1. The van der Waals surface area contributed by atoms with Crippen LogP contribution in [-0.4, -0.2) is 26.2 Å². The topological polar surface area (TPSA) is 18.5 Å². The van der Waals surface area contributed by atoms with E-state index in [0.29, 0.717) is 4.45 Å². The van der Waals surface area contributed by atoms with E-state index in [1.807, 2.05) is 0 Å². The molecule has 4 heteroatoms. The summed E-state index contributed by atoms with van der Waals surface area (Å²) in [5.74, 6) is 0. The van der Waals surface area contributed by atoms with Gasteiger partial charge in [-0.25, -0.2) is 0 Å². The summed E-state index contributed by atoms with van der Waals surface area (Å²) in [6, 6.07) is 0. The van der Waals surface area contributed by atoms with Gasteiger partial charge in [0.2, 0.25) is 0 Å². The highest BCUT2D eigenvalue weighted by Crippen LogP contribution is 2.22. The van der Waals surface area contributed by atoms with Crippen LogP contribution in [0.15, 0.2) is 0 Å². The first-order valence-corrected chi connectivity index (χ1v) is 8.83. The molecule has 1 atom stereocenters. The van der Waals surface area contributed by atoms with Gasteiger partial charge < -0.3 is 8.85 Å². The van der Waals surface area contributed by atoms with Gasteiger partial charge in [-0.15, -0.1) is 0 Å². The Morgan fingerprint density at radius 1 is 1.07 bits per heavy atom. The zero-order chi connectivity index (χ0) is 11.0. The molecule has 0 aromatic rings. The summed E-state index contributed by atoms with van der Waals surface area (Å²) in [4.78, 5) is 0. The molecule has 0 rings (SSSR count). The average Bonchev–Trinajstić information content (AvgIpc) is 2.22. The lowest BCUT2D eigenvalue weighted by Crippen LogP contribution is -2.48. The van der Waals surface area contributed by atoms with Gasteiger partial charge in [0, 0.05) is 13.2 Å². The van der Waals surface area contributed by atoms with Crippen LogP contribution in [0.3, 0.4) is 0 Å². The first kappa shape index (κ1) is 14.6. The maximum atomic E-state index is 5.90. The molecule has 0 saturated carbocycles.